The van der Waals surface area contributed by atoms with Crippen molar-refractivity contribution < 1.29 is 27.5 Å². The lowest BCUT2D eigenvalue weighted by Crippen LogP contribution is -2.64. The lowest BCUT2D eigenvalue weighted by atomic mass is 9.94. The van der Waals surface area contributed by atoms with Crippen LogP contribution in [0.15, 0.2) is 61.1 Å². The van der Waals surface area contributed by atoms with Crippen LogP contribution in [0.5, 0.6) is 5.75 Å². The molecule has 3 aliphatic rings. The van der Waals surface area contributed by atoms with Crippen LogP contribution in [0.25, 0.3) is 0 Å². The molecule has 6 rings (SSSR count). The molecule has 14 heteroatoms. The van der Waals surface area contributed by atoms with Crippen LogP contribution >= 0.6 is 11.6 Å². The SMILES string of the molecule is O=C1NNCC(N2Cc3ccccc3[C@@H]2COc2cncc(C(=O)N3CCN(c4ccc(Cl)cn4)CC3)c2)C1C(F)(F)F. The normalized spacial score (nSPS) is 22.7. The quantitative estimate of drug-likeness (QED) is 0.436. The van der Waals surface area contributed by atoms with Crippen molar-refractivity contribution in [1.29, 1.82) is 0 Å². The number of nitrogens with one attached hydrogen (secondary N) is 2. The summed E-state index contributed by atoms with van der Waals surface area (Å²) >= 11 is 5.94. The van der Waals surface area contributed by atoms with E-state index in [1.54, 1.807) is 28.1 Å². The van der Waals surface area contributed by atoms with Crippen LogP contribution in [-0.4, -0.2) is 83.1 Å². The Hall–Kier alpha value is -3.94. The predicted molar refractivity (Wildman–Crippen MR) is 151 cm³/mol. The van der Waals surface area contributed by atoms with E-state index in [2.05, 4.69) is 25.7 Å². The van der Waals surface area contributed by atoms with Crippen molar-refractivity contribution in [2.45, 2.75) is 24.8 Å². The van der Waals surface area contributed by atoms with Gasteiger partial charge in [-0.15, -0.1) is 0 Å². The maximum absolute atomic E-state index is 14.0. The number of benzene rings is 1. The fourth-order valence-electron chi connectivity index (χ4n) is 5.98. The molecule has 2 aromatic heterocycles. The molecule has 43 heavy (non-hydrogen) atoms. The first-order chi connectivity index (χ1) is 20.7. The summed E-state index contributed by atoms with van der Waals surface area (Å²) in [5.41, 5.74) is 6.79. The second kappa shape index (κ2) is 12.0. The van der Waals surface area contributed by atoms with Crippen molar-refractivity contribution in [1.82, 2.24) is 30.6 Å². The number of anilines is 1. The van der Waals surface area contributed by atoms with Gasteiger partial charge >= 0.3 is 6.18 Å². The van der Waals surface area contributed by atoms with Crippen LogP contribution in [0.2, 0.25) is 5.02 Å². The van der Waals surface area contributed by atoms with Gasteiger partial charge in [0.2, 0.25) is 5.91 Å². The highest BCUT2D eigenvalue weighted by molar-refractivity contribution is 6.30. The van der Waals surface area contributed by atoms with Crippen molar-refractivity contribution in [3.63, 3.8) is 0 Å². The highest BCUT2D eigenvalue weighted by Gasteiger charge is 2.55. The van der Waals surface area contributed by atoms with Gasteiger partial charge in [-0.25, -0.2) is 10.4 Å². The highest BCUT2D eigenvalue weighted by Crippen LogP contribution is 2.41. The van der Waals surface area contributed by atoms with E-state index in [-0.39, 0.29) is 25.6 Å². The van der Waals surface area contributed by atoms with Gasteiger partial charge in [-0.2, -0.15) is 13.2 Å². The largest absolute Gasteiger partial charge is 0.490 e. The minimum Gasteiger partial charge on any atom is -0.490 e. The molecule has 0 aliphatic carbocycles. The number of pyridine rings is 2. The number of hydrogen-bond donors (Lipinski definition) is 2. The van der Waals surface area contributed by atoms with Gasteiger partial charge in [-0.05, 0) is 29.3 Å². The monoisotopic (exact) mass is 615 g/mol. The summed E-state index contributed by atoms with van der Waals surface area (Å²) in [6, 6.07) is 10.9. The molecule has 0 radical (unpaired) electrons. The first kappa shape index (κ1) is 29.1. The predicted octanol–water partition coefficient (Wildman–Crippen LogP) is 3.21. The van der Waals surface area contributed by atoms with Gasteiger partial charge in [0.1, 0.15) is 18.2 Å². The van der Waals surface area contributed by atoms with Gasteiger partial charge < -0.3 is 14.5 Å². The van der Waals surface area contributed by atoms with Crippen molar-refractivity contribution in [3.05, 3.63) is 82.8 Å². The van der Waals surface area contributed by atoms with Crippen molar-refractivity contribution in [2.24, 2.45) is 5.92 Å². The van der Waals surface area contributed by atoms with E-state index in [4.69, 9.17) is 16.3 Å². The molecule has 2 N–H and O–H groups in total. The number of nitrogens with zero attached hydrogens (tertiary/aromatic N) is 5. The Morgan fingerprint density at radius 3 is 2.60 bits per heavy atom. The molecular formula is C29H29ClF3N7O3. The third-order valence-electron chi connectivity index (χ3n) is 8.11. The summed E-state index contributed by atoms with van der Waals surface area (Å²) in [6.07, 6.45) is -0.182. The van der Waals surface area contributed by atoms with Crippen LogP contribution in [0.1, 0.15) is 27.5 Å². The van der Waals surface area contributed by atoms with E-state index in [1.807, 2.05) is 30.3 Å². The van der Waals surface area contributed by atoms with Crippen LogP contribution < -0.4 is 20.5 Å². The Bertz CT molecular complexity index is 1480. The summed E-state index contributed by atoms with van der Waals surface area (Å²) in [5.74, 6) is -2.38. The first-order valence-corrected chi connectivity index (χ1v) is 14.2. The van der Waals surface area contributed by atoms with E-state index < -0.39 is 30.1 Å². The number of hydrazine groups is 1. The topological polar surface area (TPSA) is 103 Å². The zero-order chi connectivity index (χ0) is 30.1. The molecule has 0 spiro atoms. The van der Waals surface area contributed by atoms with E-state index >= 15 is 0 Å². The van der Waals surface area contributed by atoms with Gasteiger partial charge in [-0.1, -0.05) is 35.9 Å². The number of piperazine rings is 1. The highest BCUT2D eigenvalue weighted by atomic mass is 35.5. The molecule has 2 unspecified atom stereocenters. The van der Waals surface area contributed by atoms with Crippen molar-refractivity contribution in [2.75, 3.05) is 44.2 Å². The number of amides is 2. The summed E-state index contributed by atoms with van der Waals surface area (Å²) < 4.78 is 48.1. The second-order valence-electron chi connectivity index (χ2n) is 10.7. The number of carbonyl (C=O) groups excluding carboxylic acids is 2. The van der Waals surface area contributed by atoms with Crippen LogP contribution in [0.3, 0.4) is 0 Å². The Morgan fingerprint density at radius 1 is 1.07 bits per heavy atom. The fourth-order valence-corrected chi connectivity index (χ4v) is 6.09. The number of aromatic nitrogens is 2. The molecule has 2 saturated heterocycles. The molecule has 3 aromatic rings. The summed E-state index contributed by atoms with van der Waals surface area (Å²) in [6.45, 7) is 2.36. The van der Waals surface area contributed by atoms with Gasteiger partial charge in [-0.3, -0.25) is 24.9 Å². The van der Waals surface area contributed by atoms with Gasteiger partial charge in [0.05, 0.1) is 22.8 Å². The van der Waals surface area contributed by atoms with E-state index in [0.717, 1.165) is 16.9 Å². The zero-order valence-electron chi connectivity index (χ0n) is 22.9. The van der Waals surface area contributed by atoms with Crippen LogP contribution in [-0.2, 0) is 11.3 Å². The molecule has 10 nitrogen and oxygen atoms in total. The molecule has 2 fully saturated rings. The van der Waals surface area contributed by atoms with Crippen molar-refractivity contribution >= 4 is 29.2 Å². The van der Waals surface area contributed by atoms with Gasteiger partial charge in [0, 0.05) is 57.7 Å². The third-order valence-corrected chi connectivity index (χ3v) is 8.33. The summed E-state index contributed by atoms with van der Waals surface area (Å²) in [4.78, 5) is 39.6. The van der Waals surface area contributed by atoms with Gasteiger partial charge in [0.25, 0.3) is 5.91 Å². The first-order valence-electron chi connectivity index (χ1n) is 13.9. The van der Waals surface area contributed by atoms with Crippen LogP contribution in [0, 0.1) is 5.92 Å². The lowest BCUT2D eigenvalue weighted by Gasteiger charge is -2.40. The molecule has 2 amide bonds. The zero-order valence-corrected chi connectivity index (χ0v) is 23.7. The van der Waals surface area contributed by atoms with Gasteiger partial charge in [0.15, 0.2) is 5.92 Å². The standard InChI is InChI=1S/C29H29ClF3N7O3/c30-20-5-6-25(35-13-20)38-7-9-39(10-8-38)28(42)19-11-21(14-34-12-19)43-17-24-22-4-2-1-3-18(22)16-40(24)23-15-36-37-27(41)26(23)29(31,32)33/h1-6,11-14,23-24,26,36H,7-10,15-17H2,(H,37,41)/t23?,24-,26?/m0/s1. The van der Waals surface area contributed by atoms with E-state index in [0.29, 0.717) is 42.5 Å². The Kier molecular flexibility index (Phi) is 8.12. The maximum Gasteiger partial charge on any atom is 0.402 e. The molecule has 3 atom stereocenters. The molecule has 0 bridgehead atoms. The Morgan fingerprint density at radius 2 is 1.86 bits per heavy atom. The number of carbonyl (C=O) groups is 2. The number of alkyl halides is 3. The average molecular weight is 616 g/mol. The van der Waals surface area contributed by atoms with E-state index in [1.165, 1.54) is 12.4 Å². The Labute approximate surface area is 250 Å². The number of fused-ring (bicyclic) bond motifs is 1. The lowest BCUT2D eigenvalue weighted by molar-refractivity contribution is -0.202. The van der Waals surface area contributed by atoms with Crippen molar-refractivity contribution in [3.8, 4) is 5.75 Å². The fraction of sp³-hybridized carbons (Fsp3) is 0.379. The summed E-state index contributed by atoms with van der Waals surface area (Å²) in [7, 11) is 0. The second-order valence-corrected chi connectivity index (χ2v) is 11.1. The number of rotatable bonds is 6. The number of hydrogen-bond acceptors (Lipinski definition) is 8. The summed E-state index contributed by atoms with van der Waals surface area (Å²) in [5, 5.41) is 0.556. The molecule has 0 saturated carbocycles. The molecule has 3 aliphatic heterocycles. The average Bonchev–Trinajstić information content (AvgIpc) is 3.38. The maximum atomic E-state index is 14.0. The minimum absolute atomic E-state index is 0.00575. The number of halogens is 4. The molecule has 226 valence electrons. The molecular weight excluding hydrogens is 587 g/mol. The number of ether oxygens (including phenoxy) is 1. The van der Waals surface area contributed by atoms with Crippen LogP contribution in [0.4, 0.5) is 19.0 Å². The Balaban J connectivity index is 1.14. The smallest absolute Gasteiger partial charge is 0.402 e. The third kappa shape index (κ3) is 6.10. The molecule has 1 aromatic carbocycles. The minimum atomic E-state index is -4.72. The van der Waals surface area contributed by atoms with E-state index in [9.17, 15) is 22.8 Å². The molecule has 5 heterocycles.